The van der Waals surface area contributed by atoms with Crippen LogP contribution in [0.15, 0.2) is 16.7 Å². The molecule has 0 radical (unpaired) electrons. The van der Waals surface area contributed by atoms with Gasteiger partial charge in [0.2, 0.25) is 0 Å². The summed E-state index contributed by atoms with van der Waals surface area (Å²) in [6, 6.07) is 2.05. The maximum Gasteiger partial charge on any atom is 0.289 e. The molecular formula is C11H17ClN2O2. The molecular weight excluding hydrogens is 228 g/mol. The summed E-state index contributed by atoms with van der Waals surface area (Å²) in [5.74, 6) is 0.454. The summed E-state index contributed by atoms with van der Waals surface area (Å²) in [7, 11) is 0. The number of amides is 1. The van der Waals surface area contributed by atoms with Gasteiger partial charge in [-0.25, -0.2) is 0 Å². The number of aryl methyl sites for hydroxylation is 1. The molecule has 2 N–H and O–H groups in total. The van der Waals surface area contributed by atoms with Crippen LogP contribution in [0.4, 0.5) is 0 Å². The lowest BCUT2D eigenvalue weighted by Crippen LogP contribution is -2.42. The smallest absolute Gasteiger partial charge is 0.289 e. The van der Waals surface area contributed by atoms with Gasteiger partial charge in [0.1, 0.15) is 0 Å². The Morgan fingerprint density at radius 3 is 2.62 bits per heavy atom. The topological polar surface area (TPSA) is 59.5 Å². The molecule has 0 atom stereocenters. The molecule has 1 aliphatic rings. The highest BCUT2D eigenvalue weighted by Gasteiger charge is 2.24. The van der Waals surface area contributed by atoms with Crippen LogP contribution < -0.4 is 5.73 Å². The minimum atomic E-state index is -0.00981. The number of hydrogen-bond acceptors (Lipinski definition) is 3. The van der Waals surface area contributed by atoms with E-state index in [4.69, 9.17) is 10.2 Å². The normalized spacial score (nSPS) is 17.0. The Labute approximate surface area is 101 Å². The minimum Gasteiger partial charge on any atom is -0.459 e. The number of hydrogen-bond donors (Lipinski definition) is 1. The van der Waals surface area contributed by atoms with Crippen LogP contribution in [0.5, 0.6) is 0 Å². The predicted molar refractivity (Wildman–Crippen MR) is 63.8 cm³/mol. The first-order valence-electron chi connectivity index (χ1n) is 5.27. The van der Waals surface area contributed by atoms with Crippen molar-refractivity contribution < 1.29 is 9.21 Å². The van der Waals surface area contributed by atoms with Crippen LogP contribution in [0.3, 0.4) is 0 Å². The fourth-order valence-electron chi connectivity index (χ4n) is 1.84. The van der Waals surface area contributed by atoms with Crippen molar-refractivity contribution in [2.45, 2.75) is 25.8 Å². The number of furan rings is 1. The minimum absolute atomic E-state index is 0. The summed E-state index contributed by atoms with van der Waals surface area (Å²) in [6.45, 7) is 3.35. The molecule has 4 nitrogen and oxygen atoms in total. The maximum atomic E-state index is 12.0. The first kappa shape index (κ1) is 13.1. The van der Waals surface area contributed by atoms with Gasteiger partial charge in [0.25, 0.3) is 5.91 Å². The molecule has 0 aromatic carbocycles. The van der Waals surface area contributed by atoms with E-state index in [2.05, 4.69) is 0 Å². The molecule has 0 spiro atoms. The highest BCUT2D eigenvalue weighted by atomic mass is 35.5. The summed E-state index contributed by atoms with van der Waals surface area (Å²) in [5.41, 5.74) is 6.68. The van der Waals surface area contributed by atoms with E-state index >= 15 is 0 Å². The summed E-state index contributed by atoms with van der Waals surface area (Å²) < 4.78 is 5.18. The summed E-state index contributed by atoms with van der Waals surface area (Å²) in [6.07, 6.45) is 3.31. The van der Waals surface area contributed by atoms with Crippen molar-refractivity contribution in [1.29, 1.82) is 0 Å². The molecule has 16 heavy (non-hydrogen) atoms. The molecule has 1 amide bonds. The molecule has 1 aromatic heterocycles. The van der Waals surface area contributed by atoms with E-state index in [1.54, 1.807) is 6.26 Å². The van der Waals surface area contributed by atoms with Crippen molar-refractivity contribution in [3.05, 3.63) is 23.7 Å². The number of nitrogens with two attached hydrogens (primary N) is 1. The first-order chi connectivity index (χ1) is 7.18. The molecule has 1 fully saturated rings. The summed E-state index contributed by atoms with van der Waals surface area (Å²) in [4.78, 5) is 13.8. The first-order valence-corrected chi connectivity index (χ1v) is 5.27. The second kappa shape index (κ2) is 5.37. The molecule has 0 aliphatic carbocycles. The SMILES string of the molecule is Cc1ccoc1C(=O)N1CCC(N)CC1.Cl. The van der Waals surface area contributed by atoms with Crippen molar-refractivity contribution in [2.24, 2.45) is 5.73 Å². The Morgan fingerprint density at radius 1 is 1.50 bits per heavy atom. The largest absolute Gasteiger partial charge is 0.459 e. The lowest BCUT2D eigenvalue weighted by atomic mass is 10.1. The van der Waals surface area contributed by atoms with Crippen LogP contribution in [-0.2, 0) is 0 Å². The Hall–Kier alpha value is -1.00. The lowest BCUT2D eigenvalue weighted by Gasteiger charge is -2.29. The Bertz CT molecular complexity index is 357. The number of nitrogens with zero attached hydrogens (tertiary/aromatic N) is 1. The molecule has 1 aromatic rings. The fourth-order valence-corrected chi connectivity index (χ4v) is 1.84. The molecule has 1 saturated heterocycles. The second-order valence-corrected chi connectivity index (χ2v) is 4.06. The van der Waals surface area contributed by atoms with Crippen LogP contribution in [0.1, 0.15) is 29.0 Å². The van der Waals surface area contributed by atoms with Crippen molar-refractivity contribution in [3.8, 4) is 0 Å². The molecule has 5 heteroatoms. The zero-order chi connectivity index (χ0) is 10.8. The third-order valence-corrected chi connectivity index (χ3v) is 2.88. The molecule has 90 valence electrons. The van der Waals surface area contributed by atoms with Gasteiger partial charge in [0, 0.05) is 24.7 Å². The predicted octanol–water partition coefficient (Wildman–Crippen LogP) is 1.57. The average molecular weight is 245 g/mol. The molecule has 0 bridgehead atoms. The third kappa shape index (κ3) is 2.57. The van der Waals surface area contributed by atoms with Gasteiger partial charge >= 0.3 is 0 Å². The number of carbonyl (C=O) groups excluding carboxylic acids is 1. The Balaban J connectivity index is 0.00000128. The quantitative estimate of drug-likeness (QED) is 0.816. The van der Waals surface area contributed by atoms with Gasteiger partial charge in [-0.1, -0.05) is 0 Å². The highest BCUT2D eigenvalue weighted by Crippen LogP contribution is 2.15. The zero-order valence-corrected chi connectivity index (χ0v) is 10.1. The zero-order valence-electron chi connectivity index (χ0n) is 9.31. The van der Waals surface area contributed by atoms with Crippen molar-refractivity contribution in [3.63, 3.8) is 0 Å². The van der Waals surface area contributed by atoms with E-state index in [9.17, 15) is 4.79 Å². The number of piperidine rings is 1. The average Bonchev–Trinajstić information content (AvgIpc) is 2.65. The number of rotatable bonds is 1. The molecule has 1 aliphatic heterocycles. The van der Waals surface area contributed by atoms with Crippen LogP contribution in [-0.4, -0.2) is 29.9 Å². The molecule has 2 rings (SSSR count). The molecule has 0 unspecified atom stereocenters. The van der Waals surface area contributed by atoms with Crippen LogP contribution in [0.25, 0.3) is 0 Å². The number of carbonyl (C=O) groups is 1. The van der Waals surface area contributed by atoms with Gasteiger partial charge in [-0.2, -0.15) is 0 Å². The van der Waals surface area contributed by atoms with Crippen molar-refractivity contribution >= 4 is 18.3 Å². The van der Waals surface area contributed by atoms with E-state index in [1.807, 2.05) is 17.9 Å². The van der Waals surface area contributed by atoms with E-state index in [-0.39, 0.29) is 24.4 Å². The Kier molecular flexibility index (Phi) is 4.38. The fraction of sp³-hybridized carbons (Fsp3) is 0.545. The van der Waals surface area contributed by atoms with E-state index in [0.29, 0.717) is 5.76 Å². The van der Waals surface area contributed by atoms with Gasteiger partial charge in [-0.05, 0) is 25.8 Å². The van der Waals surface area contributed by atoms with Crippen LogP contribution in [0, 0.1) is 6.92 Å². The van der Waals surface area contributed by atoms with Crippen molar-refractivity contribution in [2.75, 3.05) is 13.1 Å². The van der Waals surface area contributed by atoms with Gasteiger partial charge < -0.3 is 15.1 Å². The number of likely N-dealkylation sites (tertiary alicyclic amines) is 1. The maximum absolute atomic E-state index is 12.0. The molecule has 2 heterocycles. The summed E-state index contributed by atoms with van der Waals surface area (Å²) >= 11 is 0. The summed E-state index contributed by atoms with van der Waals surface area (Å²) in [5, 5.41) is 0. The third-order valence-electron chi connectivity index (χ3n) is 2.88. The van der Waals surface area contributed by atoms with Gasteiger partial charge in [-0.3, -0.25) is 4.79 Å². The second-order valence-electron chi connectivity index (χ2n) is 4.06. The van der Waals surface area contributed by atoms with E-state index in [1.165, 1.54) is 0 Å². The van der Waals surface area contributed by atoms with E-state index in [0.717, 1.165) is 31.5 Å². The standard InChI is InChI=1S/C11H16N2O2.ClH/c1-8-4-7-15-10(8)11(14)13-5-2-9(12)3-6-13;/h4,7,9H,2-3,5-6,12H2,1H3;1H. The van der Waals surface area contributed by atoms with Crippen molar-refractivity contribution in [1.82, 2.24) is 4.90 Å². The Morgan fingerprint density at radius 2 is 2.12 bits per heavy atom. The monoisotopic (exact) mass is 244 g/mol. The van der Waals surface area contributed by atoms with E-state index < -0.39 is 0 Å². The van der Waals surface area contributed by atoms with Crippen LogP contribution >= 0.6 is 12.4 Å². The highest BCUT2D eigenvalue weighted by molar-refractivity contribution is 5.92. The number of halogens is 1. The van der Waals surface area contributed by atoms with Gasteiger partial charge in [0.15, 0.2) is 5.76 Å². The van der Waals surface area contributed by atoms with Gasteiger partial charge in [0.05, 0.1) is 6.26 Å². The molecule has 0 saturated carbocycles. The van der Waals surface area contributed by atoms with Gasteiger partial charge in [-0.15, -0.1) is 12.4 Å². The van der Waals surface area contributed by atoms with Crippen LogP contribution in [0.2, 0.25) is 0 Å². The lowest BCUT2D eigenvalue weighted by molar-refractivity contribution is 0.0681.